The van der Waals surface area contributed by atoms with Crippen LogP contribution in [0.25, 0.3) is 0 Å². The minimum atomic E-state index is -1.11. The van der Waals surface area contributed by atoms with Gasteiger partial charge in [0.25, 0.3) is 5.91 Å². The Morgan fingerprint density at radius 3 is 2.71 bits per heavy atom. The summed E-state index contributed by atoms with van der Waals surface area (Å²) in [4.78, 5) is 27.8. The predicted octanol–water partition coefficient (Wildman–Crippen LogP) is 3.11. The summed E-state index contributed by atoms with van der Waals surface area (Å²) < 4.78 is 0. The number of carboxylic acid groups (broad SMARTS) is 1. The molecule has 0 spiro atoms. The fraction of sp³-hybridized carbons (Fsp3) is 0.267. The van der Waals surface area contributed by atoms with Crippen molar-refractivity contribution in [3.05, 3.63) is 52.0 Å². The van der Waals surface area contributed by atoms with E-state index in [9.17, 15) is 9.59 Å². The molecule has 1 amide bonds. The standard InChI is InChI=1S/C15H16N2O3S/c1-2-4-11(13-5-3-8-21-13)17-14(18)10-6-7-12(15(19)20)16-9-10/h3,5-9,11H,2,4H2,1H3,(H,17,18)(H,19,20). The maximum Gasteiger partial charge on any atom is 0.354 e. The molecular formula is C15H16N2O3S. The SMILES string of the molecule is CCCC(NC(=O)c1ccc(C(=O)O)nc1)c1cccs1. The normalized spacial score (nSPS) is 11.9. The minimum absolute atomic E-state index is 0.0262. The van der Waals surface area contributed by atoms with Gasteiger partial charge >= 0.3 is 5.97 Å². The molecule has 0 radical (unpaired) electrons. The first-order valence-electron chi connectivity index (χ1n) is 6.65. The summed E-state index contributed by atoms with van der Waals surface area (Å²) in [5, 5.41) is 13.7. The molecule has 6 heteroatoms. The Labute approximate surface area is 126 Å². The topological polar surface area (TPSA) is 79.3 Å². The molecule has 0 aliphatic carbocycles. The predicted molar refractivity (Wildman–Crippen MR) is 80.6 cm³/mol. The molecule has 0 saturated heterocycles. The monoisotopic (exact) mass is 304 g/mol. The Bertz CT molecular complexity index is 608. The first-order valence-corrected chi connectivity index (χ1v) is 7.53. The number of nitrogens with one attached hydrogen (secondary N) is 1. The zero-order valence-corrected chi connectivity index (χ0v) is 12.4. The van der Waals surface area contributed by atoms with Crippen LogP contribution in [0.1, 0.15) is 51.5 Å². The molecule has 0 fully saturated rings. The van der Waals surface area contributed by atoms with Crippen molar-refractivity contribution in [3.63, 3.8) is 0 Å². The molecule has 2 heterocycles. The lowest BCUT2D eigenvalue weighted by molar-refractivity contribution is 0.0689. The molecule has 2 aromatic heterocycles. The van der Waals surface area contributed by atoms with Gasteiger partial charge in [-0.05, 0) is 30.0 Å². The van der Waals surface area contributed by atoms with E-state index >= 15 is 0 Å². The quantitative estimate of drug-likeness (QED) is 0.859. The summed E-state index contributed by atoms with van der Waals surface area (Å²) in [6, 6.07) is 6.73. The highest BCUT2D eigenvalue weighted by molar-refractivity contribution is 7.10. The zero-order valence-electron chi connectivity index (χ0n) is 11.6. The molecule has 2 rings (SSSR count). The van der Waals surface area contributed by atoms with Gasteiger partial charge in [0.1, 0.15) is 5.69 Å². The second kappa shape index (κ2) is 6.99. The van der Waals surface area contributed by atoms with E-state index in [4.69, 9.17) is 5.11 Å². The molecule has 2 aromatic rings. The summed E-state index contributed by atoms with van der Waals surface area (Å²) >= 11 is 1.61. The van der Waals surface area contributed by atoms with E-state index in [1.807, 2.05) is 17.5 Å². The van der Waals surface area contributed by atoms with Gasteiger partial charge in [-0.1, -0.05) is 19.4 Å². The number of carbonyl (C=O) groups is 2. The van der Waals surface area contributed by atoms with Crippen LogP contribution in [0.2, 0.25) is 0 Å². The molecule has 0 aliphatic rings. The number of hydrogen-bond acceptors (Lipinski definition) is 4. The Kier molecular flexibility index (Phi) is 5.05. The van der Waals surface area contributed by atoms with Gasteiger partial charge in [-0.15, -0.1) is 11.3 Å². The van der Waals surface area contributed by atoms with Crippen molar-refractivity contribution in [2.24, 2.45) is 0 Å². The van der Waals surface area contributed by atoms with Crippen LogP contribution >= 0.6 is 11.3 Å². The first-order chi connectivity index (χ1) is 10.1. The van der Waals surface area contributed by atoms with Crippen LogP contribution in [0.3, 0.4) is 0 Å². The van der Waals surface area contributed by atoms with Gasteiger partial charge in [-0.25, -0.2) is 9.78 Å². The number of aromatic nitrogens is 1. The number of amides is 1. The number of nitrogens with zero attached hydrogens (tertiary/aromatic N) is 1. The molecule has 5 nitrogen and oxygen atoms in total. The van der Waals surface area contributed by atoms with Crippen LogP contribution in [0.4, 0.5) is 0 Å². The van der Waals surface area contributed by atoms with E-state index < -0.39 is 5.97 Å². The molecule has 1 atom stereocenters. The number of pyridine rings is 1. The van der Waals surface area contributed by atoms with Crippen LogP contribution in [0.5, 0.6) is 0 Å². The lowest BCUT2D eigenvalue weighted by atomic mass is 10.1. The van der Waals surface area contributed by atoms with Gasteiger partial charge in [0.05, 0.1) is 11.6 Å². The van der Waals surface area contributed by atoms with Crippen molar-refractivity contribution in [1.29, 1.82) is 0 Å². The van der Waals surface area contributed by atoms with Gasteiger partial charge in [-0.3, -0.25) is 4.79 Å². The second-order valence-corrected chi connectivity index (χ2v) is 5.55. The van der Waals surface area contributed by atoms with Gasteiger partial charge in [0.2, 0.25) is 0 Å². The highest BCUT2D eigenvalue weighted by atomic mass is 32.1. The molecule has 110 valence electrons. The highest BCUT2D eigenvalue weighted by Gasteiger charge is 2.16. The van der Waals surface area contributed by atoms with Crippen LogP contribution < -0.4 is 5.32 Å². The largest absolute Gasteiger partial charge is 0.477 e. The van der Waals surface area contributed by atoms with E-state index in [0.717, 1.165) is 17.7 Å². The molecule has 0 bridgehead atoms. The number of thiophene rings is 1. The second-order valence-electron chi connectivity index (χ2n) is 4.57. The molecule has 1 unspecified atom stereocenters. The van der Waals surface area contributed by atoms with Gasteiger partial charge < -0.3 is 10.4 Å². The zero-order chi connectivity index (χ0) is 15.2. The summed E-state index contributed by atoms with van der Waals surface area (Å²) in [6.45, 7) is 2.07. The van der Waals surface area contributed by atoms with Crippen LogP contribution in [-0.4, -0.2) is 22.0 Å². The van der Waals surface area contributed by atoms with Crippen molar-refractivity contribution in [1.82, 2.24) is 10.3 Å². The molecular weight excluding hydrogens is 288 g/mol. The fourth-order valence-corrected chi connectivity index (χ4v) is 2.77. The summed E-state index contributed by atoms with van der Waals surface area (Å²) in [5.41, 5.74) is 0.285. The maximum absolute atomic E-state index is 12.2. The third-order valence-electron chi connectivity index (χ3n) is 3.01. The van der Waals surface area contributed by atoms with E-state index in [2.05, 4.69) is 17.2 Å². The van der Waals surface area contributed by atoms with Crippen LogP contribution in [0, 0.1) is 0 Å². The molecule has 0 saturated carbocycles. The van der Waals surface area contributed by atoms with Crippen molar-refractivity contribution in [2.45, 2.75) is 25.8 Å². The first kappa shape index (κ1) is 15.2. The number of aromatic carboxylic acids is 1. The maximum atomic E-state index is 12.2. The van der Waals surface area contributed by atoms with Crippen molar-refractivity contribution >= 4 is 23.2 Å². The van der Waals surface area contributed by atoms with E-state index in [0.29, 0.717) is 5.56 Å². The van der Waals surface area contributed by atoms with E-state index in [1.165, 1.54) is 18.3 Å². The number of carboxylic acids is 1. The summed E-state index contributed by atoms with van der Waals surface area (Å²) in [6.07, 6.45) is 3.10. The Balaban J connectivity index is 2.10. The Morgan fingerprint density at radius 1 is 1.38 bits per heavy atom. The van der Waals surface area contributed by atoms with Crippen molar-refractivity contribution in [2.75, 3.05) is 0 Å². The lowest BCUT2D eigenvalue weighted by Crippen LogP contribution is -2.28. The van der Waals surface area contributed by atoms with E-state index in [-0.39, 0.29) is 17.6 Å². The van der Waals surface area contributed by atoms with Crippen LogP contribution in [-0.2, 0) is 0 Å². The lowest BCUT2D eigenvalue weighted by Gasteiger charge is -2.16. The van der Waals surface area contributed by atoms with Gasteiger partial charge in [0, 0.05) is 11.1 Å². The number of hydrogen-bond donors (Lipinski definition) is 2. The average Bonchev–Trinajstić information content (AvgIpc) is 3.01. The van der Waals surface area contributed by atoms with Gasteiger partial charge in [0.15, 0.2) is 0 Å². The average molecular weight is 304 g/mol. The van der Waals surface area contributed by atoms with Crippen LogP contribution in [0.15, 0.2) is 35.8 Å². The van der Waals surface area contributed by atoms with E-state index in [1.54, 1.807) is 11.3 Å². The molecule has 0 aliphatic heterocycles. The van der Waals surface area contributed by atoms with Crippen molar-refractivity contribution < 1.29 is 14.7 Å². The molecule has 21 heavy (non-hydrogen) atoms. The highest BCUT2D eigenvalue weighted by Crippen LogP contribution is 2.23. The third-order valence-corrected chi connectivity index (χ3v) is 4.00. The molecule has 2 N–H and O–H groups in total. The van der Waals surface area contributed by atoms with Gasteiger partial charge in [-0.2, -0.15) is 0 Å². The number of carbonyl (C=O) groups excluding carboxylic acids is 1. The Morgan fingerprint density at radius 2 is 2.19 bits per heavy atom. The summed E-state index contributed by atoms with van der Waals surface area (Å²) in [7, 11) is 0. The number of rotatable bonds is 6. The minimum Gasteiger partial charge on any atom is -0.477 e. The smallest absolute Gasteiger partial charge is 0.354 e. The Hall–Kier alpha value is -2.21. The third kappa shape index (κ3) is 3.88. The van der Waals surface area contributed by atoms with Crippen molar-refractivity contribution in [3.8, 4) is 0 Å². The fourth-order valence-electron chi connectivity index (χ4n) is 1.96. The summed E-state index contributed by atoms with van der Waals surface area (Å²) in [5.74, 6) is -1.35. The molecule has 0 aromatic carbocycles.